The van der Waals surface area contributed by atoms with Crippen LogP contribution in [0.5, 0.6) is 0 Å². The Hall–Kier alpha value is -1.93. The summed E-state index contributed by atoms with van der Waals surface area (Å²) in [4.78, 5) is 26.4. The summed E-state index contributed by atoms with van der Waals surface area (Å²) in [5, 5.41) is 11.8. The van der Waals surface area contributed by atoms with Crippen LogP contribution in [0.3, 0.4) is 0 Å². The smallest absolute Gasteiger partial charge is 0.371 e. The number of halogens is 3. The van der Waals surface area contributed by atoms with E-state index >= 15 is 0 Å². The monoisotopic (exact) mass is 495 g/mol. The molecule has 2 N–H and O–H groups in total. The van der Waals surface area contributed by atoms with Gasteiger partial charge >= 0.3 is 6.18 Å². The zero-order valence-electron chi connectivity index (χ0n) is 20.7. The van der Waals surface area contributed by atoms with Gasteiger partial charge in [-0.3, -0.25) is 9.59 Å². The van der Waals surface area contributed by atoms with Crippen molar-refractivity contribution >= 4 is 17.4 Å². The molecule has 35 heavy (non-hydrogen) atoms. The highest BCUT2D eigenvalue weighted by Gasteiger charge is 2.60. The number of nitrogens with one attached hydrogen (secondary N) is 1. The van der Waals surface area contributed by atoms with Gasteiger partial charge in [0.25, 0.3) is 0 Å². The van der Waals surface area contributed by atoms with E-state index in [0.717, 1.165) is 37.8 Å². The topological polar surface area (TPSA) is 75.6 Å². The number of ether oxygens (including phenoxy) is 1. The number of aryl methyl sites for hydroxylation is 1. The molecule has 3 unspecified atom stereocenters. The lowest BCUT2D eigenvalue weighted by Gasteiger charge is -2.55. The van der Waals surface area contributed by atoms with E-state index in [2.05, 4.69) is 12.2 Å². The van der Waals surface area contributed by atoms with Gasteiger partial charge in [-0.25, -0.2) is 0 Å². The number of amides is 1. The second-order valence-electron chi connectivity index (χ2n) is 11.2. The molecule has 194 valence electrons. The molecule has 1 amide bonds. The van der Waals surface area contributed by atoms with Gasteiger partial charge in [-0.2, -0.15) is 13.2 Å². The van der Waals surface area contributed by atoms with Crippen LogP contribution in [0.15, 0.2) is 18.2 Å². The van der Waals surface area contributed by atoms with Gasteiger partial charge in [0.15, 0.2) is 0 Å². The number of fused-ring (bicyclic) bond motifs is 3. The quantitative estimate of drug-likeness (QED) is 0.390. The molecule has 4 rings (SSSR count). The largest absolute Gasteiger partial charge is 0.416 e. The summed E-state index contributed by atoms with van der Waals surface area (Å²) in [7, 11) is 0. The first-order valence-electron chi connectivity index (χ1n) is 12.6. The van der Waals surface area contributed by atoms with Crippen LogP contribution in [0.25, 0.3) is 0 Å². The minimum absolute atomic E-state index is 0.207. The van der Waals surface area contributed by atoms with E-state index in [9.17, 15) is 22.8 Å². The Morgan fingerprint density at radius 1 is 1.17 bits per heavy atom. The second kappa shape index (κ2) is 9.51. The van der Waals surface area contributed by atoms with Crippen molar-refractivity contribution in [3.63, 3.8) is 0 Å². The number of hydrogen-bond acceptors (Lipinski definition) is 4. The summed E-state index contributed by atoms with van der Waals surface area (Å²) in [5.41, 5.74) is -0.698. The SMILES string of the molecule is Cc1ccc(C(F)(F)F)cc1NC(=O)[C@H]1CCC2C3CCC(=O)[C@](C)(CCOCO)C3CC[C@@]21C. The minimum atomic E-state index is -4.47. The van der Waals surface area contributed by atoms with Crippen molar-refractivity contribution in [1.82, 2.24) is 0 Å². The zero-order valence-corrected chi connectivity index (χ0v) is 20.7. The normalized spacial score (nSPS) is 34.9. The molecule has 3 saturated carbocycles. The fourth-order valence-corrected chi connectivity index (χ4v) is 7.53. The number of ketones is 1. The Labute approximate surface area is 204 Å². The summed E-state index contributed by atoms with van der Waals surface area (Å²) in [6.07, 6.45) is 0.679. The molecule has 0 aliphatic heterocycles. The van der Waals surface area contributed by atoms with E-state index in [4.69, 9.17) is 9.84 Å². The first kappa shape index (κ1) is 26.1. The Morgan fingerprint density at radius 2 is 1.91 bits per heavy atom. The minimum Gasteiger partial charge on any atom is -0.371 e. The lowest BCUT2D eigenvalue weighted by atomic mass is 9.48. The fraction of sp³-hybridized carbons (Fsp3) is 0.704. The molecule has 5 nitrogen and oxygen atoms in total. The third-order valence-corrected chi connectivity index (χ3v) is 9.59. The first-order valence-corrected chi connectivity index (χ1v) is 12.6. The van der Waals surface area contributed by atoms with Gasteiger partial charge in [0, 0.05) is 23.4 Å². The summed E-state index contributed by atoms with van der Waals surface area (Å²) in [5.74, 6) is 0.628. The summed E-state index contributed by atoms with van der Waals surface area (Å²) < 4.78 is 44.8. The van der Waals surface area contributed by atoms with E-state index in [0.29, 0.717) is 43.3 Å². The van der Waals surface area contributed by atoms with Gasteiger partial charge in [-0.1, -0.05) is 19.9 Å². The van der Waals surface area contributed by atoms with Crippen molar-refractivity contribution < 1.29 is 32.6 Å². The van der Waals surface area contributed by atoms with Crippen molar-refractivity contribution in [2.45, 2.75) is 71.9 Å². The third-order valence-electron chi connectivity index (χ3n) is 9.59. The molecule has 6 atom stereocenters. The van der Waals surface area contributed by atoms with E-state index in [1.807, 2.05) is 6.92 Å². The number of alkyl halides is 3. The standard InChI is InChI=1S/C27H36F3NO4/c1-16-4-5-17(27(28,29)30)14-22(16)31-24(34)21-8-7-19-18-6-9-23(33)26(3,12-13-35-15-32)20(18)10-11-25(19,21)2/h4-5,14,18-21,32H,6-13,15H2,1-3H3,(H,31,34)/t18?,19?,20?,21-,25+,26-/m1/s1. The molecule has 0 aromatic heterocycles. The predicted molar refractivity (Wildman–Crippen MR) is 125 cm³/mol. The average Bonchev–Trinajstić information content (AvgIpc) is 3.14. The summed E-state index contributed by atoms with van der Waals surface area (Å²) >= 11 is 0. The zero-order chi connectivity index (χ0) is 25.6. The molecule has 0 spiro atoms. The molecular formula is C27H36F3NO4. The first-order chi connectivity index (χ1) is 16.4. The maximum atomic E-state index is 13.4. The van der Waals surface area contributed by atoms with Gasteiger partial charge in [0.2, 0.25) is 5.91 Å². The molecular weight excluding hydrogens is 459 g/mol. The lowest BCUT2D eigenvalue weighted by Crippen LogP contribution is -2.53. The van der Waals surface area contributed by atoms with Crippen LogP contribution in [-0.2, 0) is 20.5 Å². The van der Waals surface area contributed by atoms with Crippen molar-refractivity contribution in [2.24, 2.45) is 34.5 Å². The molecule has 8 heteroatoms. The van der Waals surface area contributed by atoms with Crippen LogP contribution in [0.4, 0.5) is 18.9 Å². The average molecular weight is 496 g/mol. The predicted octanol–water partition coefficient (Wildman–Crippen LogP) is 5.74. The summed E-state index contributed by atoms with van der Waals surface area (Å²) in [6, 6.07) is 3.45. The maximum Gasteiger partial charge on any atom is 0.416 e. The number of anilines is 1. The van der Waals surface area contributed by atoms with E-state index in [-0.39, 0.29) is 41.4 Å². The number of aliphatic hydroxyl groups is 1. The fourth-order valence-electron chi connectivity index (χ4n) is 7.53. The van der Waals surface area contributed by atoms with Gasteiger partial charge in [-0.15, -0.1) is 0 Å². The number of Topliss-reactive ketones (excluding diaryl/α,β-unsaturated/α-hetero) is 1. The van der Waals surface area contributed by atoms with Crippen molar-refractivity contribution in [3.05, 3.63) is 29.3 Å². The van der Waals surface area contributed by atoms with Crippen LogP contribution in [0.2, 0.25) is 0 Å². The van der Waals surface area contributed by atoms with Gasteiger partial charge < -0.3 is 15.2 Å². The van der Waals surface area contributed by atoms with Gasteiger partial charge in [0.05, 0.1) is 12.2 Å². The molecule has 3 fully saturated rings. The number of benzene rings is 1. The number of aliphatic hydroxyl groups excluding tert-OH is 1. The van der Waals surface area contributed by atoms with Crippen LogP contribution >= 0.6 is 0 Å². The second-order valence-corrected chi connectivity index (χ2v) is 11.2. The van der Waals surface area contributed by atoms with Gasteiger partial charge in [-0.05, 0) is 86.3 Å². The van der Waals surface area contributed by atoms with Crippen molar-refractivity contribution in [1.29, 1.82) is 0 Å². The molecule has 0 radical (unpaired) electrons. The van der Waals surface area contributed by atoms with Crippen LogP contribution in [0.1, 0.15) is 69.9 Å². The summed E-state index contributed by atoms with van der Waals surface area (Å²) in [6.45, 7) is 5.87. The highest BCUT2D eigenvalue weighted by Crippen LogP contribution is 2.64. The van der Waals surface area contributed by atoms with E-state index in [1.54, 1.807) is 6.92 Å². The lowest BCUT2D eigenvalue weighted by molar-refractivity contribution is -0.149. The molecule has 1 aromatic carbocycles. The maximum absolute atomic E-state index is 13.4. The molecule has 3 aliphatic carbocycles. The number of rotatable bonds is 6. The Morgan fingerprint density at radius 3 is 2.60 bits per heavy atom. The Bertz CT molecular complexity index is 980. The van der Waals surface area contributed by atoms with Crippen molar-refractivity contribution in [2.75, 3.05) is 18.7 Å². The van der Waals surface area contributed by atoms with Gasteiger partial charge in [0.1, 0.15) is 12.6 Å². The van der Waals surface area contributed by atoms with E-state index < -0.39 is 17.2 Å². The number of carbonyl (C=O) groups excluding carboxylic acids is 2. The van der Waals surface area contributed by atoms with Crippen LogP contribution in [-0.4, -0.2) is 30.2 Å². The van der Waals surface area contributed by atoms with E-state index in [1.165, 1.54) is 6.07 Å². The molecule has 0 saturated heterocycles. The third kappa shape index (κ3) is 4.64. The van der Waals surface area contributed by atoms with Crippen LogP contribution in [0, 0.1) is 41.4 Å². The number of carbonyl (C=O) groups is 2. The highest BCUT2D eigenvalue weighted by molar-refractivity contribution is 5.94. The molecule has 3 aliphatic rings. The molecule has 0 bridgehead atoms. The highest BCUT2D eigenvalue weighted by atomic mass is 19.4. The van der Waals surface area contributed by atoms with Crippen molar-refractivity contribution in [3.8, 4) is 0 Å². The number of hydrogen-bond donors (Lipinski definition) is 2. The molecule has 1 aromatic rings. The van der Waals surface area contributed by atoms with Crippen LogP contribution < -0.4 is 5.32 Å². The molecule has 0 heterocycles. The Balaban J connectivity index is 1.52. The Kier molecular flexibility index (Phi) is 7.10.